The molecule has 6 heteroatoms. The summed E-state index contributed by atoms with van der Waals surface area (Å²) in [5.41, 5.74) is 1.06. The first kappa shape index (κ1) is 16.9. The highest BCUT2D eigenvalue weighted by atomic mass is 32.2. The molecule has 0 radical (unpaired) electrons. The lowest BCUT2D eigenvalue weighted by Crippen LogP contribution is -2.55. The molecule has 3 atom stereocenters. The van der Waals surface area contributed by atoms with Gasteiger partial charge in [-0.1, -0.05) is 31.5 Å². The van der Waals surface area contributed by atoms with Crippen molar-refractivity contribution < 1.29 is 13.3 Å². The Morgan fingerprint density at radius 3 is 2.48 bits per heavy atom. The van der Waals surface area contributed by atoms with Crippen molar-refractivity contribution in [3.8, 4) is 0 Å². The van der Waals surface area contributed by atoms with Gasteiger partial charge in [0.25, 0.3) is 0 Å². The van der Waals surface area contributed by atoms with E-state index in [4.69, 9.17) is 4.84 Å². The molecule has 2 heterocycles. The van der Waals surface area contributed by atoms with Crippen LogP contribution < -0.4 is 0 Å². The van der Waals surface area contributed by atoms with E-state index in [0.717, 1.165) is 12.0 Å². The van der Waals surface area contributed by atoms with Crippen molar-refractivity contribution in [2.24, 2.45) is 11.8 Å². The van der Waals surface area contributed by atoms with Crippen LogP contribution in [-0.2, 0) is 14.9 Å². The number of nitrogens with zero attached hydrogens (tertiary/aromatic N) is 2. The Morgan fingerprint density at radius 2 is 1.87 bits per heavy atom. The molecule has 0 unspecified atom stereocenters. The molecule has 2 aliphatic rings. The fourth-order valence-corrected chi connectivity index (χ4v) is 5.47. The molecule has 1 aromatic carbocycles. The van der Waals surface area contributed by atoms with E-state index in [2.05, 4.69) is 13.8 Å². The van der Waals surface area contributed by atoms with Gasteiger partial charge < -0.3 is 0 Å². The summed E-state index contributed by atoms with van der Waals surface area (Å²) in [6, 6.07) is 7.30. The zero-order chi connectivity index (χ0) is 16.8. The van der Waals surface area contributed by atoms with Crippen molar-refractivity contribution in [3.05, 3.63) is 29.8 Å². The Morgan fingerprint density at radius 1 is 1.22 bits per heavy atom. The van der Waals surface area contributed by atoms with Crippen molar-refractivity contribution in [2.75, 3.05) is 20.2 Å². The molecule has 0 aromatic heterocycles. The first-order valence-corrected chi connectivity index (χ1v) is 9.69. The fraction of sp³-hybridized carbons (Fsp3) is 0.647. The van der Waals surface area contributed by atoms with E-state index in [1.54, 1.807) is 16.4 Å². The number of likely N-dealkylation sites (N-methyl/N-ethyl adjacent to an activating group) is 1. The van der Waals surface area contributed by atoms with Gasteiger partial charge in [-0.3, -0.25) is 4.84 Å². The molecular formula is C17H26N2O3S. The van der Waals surface area contributed by atoms with Crippen LogP contribution in [0.2, 0.25) is 0 Å². The van der Waals surface area contributed by atoms with E-state index in [-0.39, 0.29) is 18.0 Å². The van der Waals surface area contributed by atoms with Crippen molar-refractivity contribution in [1.29, 1.82) is 0 Å². The molecule has 0 bridgehead atoms. The fourth-order valence-electron chi connectivity index (χ4n) is 3.68. The van der Waals surface area contributed by atoms with Crippen LogP contribution in [0.15, 0.2) is 29.2 Å². The first-order chi connectivity index (χ1) is 10.8. The summed E-state index contributed by atoms with van der Waals surface area (Å²) in [5.74, 6) is 0.693. The molecule has 2 saturated heterocycles. The van der Waals surface area contributed by atoms with E-state index >= 15 is 0 Å². The smallest absolute Gasteiger partial charge is 0.243 e. The lowest BCUT2D eigenvalue weighted by atomic mass is 9.85. The Kier molecular flexibility index (Phi) is 4.53. The third kappa shape index (κ3) is 3.05. The predicted molar refractivity (Wildman–Crippen MR) is 89.3 cm³/mol. The molecule has 2 aliphatic heterocycles. The second-order valence-corrected chi connectivity index (χ2v) is 8.99. The Hall–Kier alpha value is -0.950. The number of hydrogen-bond acceptors (Lipinski definition) is 4. The number of hydroxylamine groups is 2. The molecule has 0 amide bonds. The van der Waals surface area contributed by atoms with Gasteiger partial charge in [0.05, 0.1) is 17.5 Å². The van der Waals surface area contributed by atoms with Gasteiger partial charge in [-0.25, -0.2) is 8.42 Å². The summed E-state index contributed by atoms with van der Waals surface area (Å²) in [6.45, 7) is 7.36. The van der Waals surface area contributed by atoms with E-state index in [1.165, 1.54) is 0 Å². The van der Waals surface area contributed by atoms with Crippen molar-refractivity contribution in [2.45, 2.75) is 44.2 Å². The van der Waals surface area contributed by atoms with E-state index in [1.807, 2.05) is 31.2 Å². The molecule has 5 nitrogen and oxygen atoms in total. The average Bonchev–Trinajstić information content (AvgIpc) is 2.87. The molecule has 23 heavy (non-hydrogen) atoms. The molecule has 0 spiro atoms. The van der Waals surface area contributed by atoms with Crippen LogP contribution in [0.4, 0.5) is 0 Å². The number of piperidine rings is 1. The number of hydrogen-bond donors (Lipinski definition) is 0. The first-order valence-electron chi connectivity index (χ1n) is 8.25. The molecule has 1 aromatic rings. The SMILES string of the molecule is Cc1ccc(S(=O)(=O)N2C[C@H]3[C@H](CON3C)C[C@H]2C(C)C)cc1. The van der Waals surface area contributed by atoms with Crippen molar-refractivity contribution in [1.82, 2.24) is 9.37 Å². The lowest BCUT2D eigenvalue weighted by Gasteiger charge is -2.42. The zero-order valence-corrected chi connectivity index (χ0v) is 15.1. The quantitative estimate of drug-likeness (QED) is 0.848. The van der Waals surface area contributed by atoms with Crippen molar-refractivity contribution in [3.63, 3.8) is 0 Å². The topological polar surface area (TPSA) is 49.9 Å². The maximum absolute atomic E-state index is 13.2. The minimum absolute atomic E-state index is 0.0256. The van der Waals surface area contributed by atoms with Crippen LogP contribution >= 0.6 is 0 Å². The number of rotatable bonds is 3. The third-order valence-corrected chi connectivity index (χ3v) is 7.09. The van der Waals surface area contributed by atoms with Crippen LogP contribution in [0, 0.1) is 18.8 Å². The largest absolute Gasteiger partial charge is 0.299 e. The molecule has 0 N–H and O–H groups in total. The highest BCUT2D eigenvalue weighted by Gasteiger charge is 2.47. The maximum Gasteiger partial charge on any atom is 0.243 e. The lowest BCUT2D eigenvalue weighted by molar-refractivity contribution is -0.112. The highest BCUT2D eigenvalue weighted by molar-refractivity contribution is 7.89. The average molecular weight is 338 g/mol. The monoisotopic (exact) mass is 338 g/mol. The Balaban J connectivity index is 1.95. The molecule has 0 saturated carbocycles. The second kappa shape index (κ2) is 6.16. The standard InChI is InChI=1S/C17H26N2O3S/c1-12(2)16-9-14-11-22-18(4)17(14)10-19(16)23(20,21)15-7-5-13(3)6-8-15/h5-8,12,14,16-17H,9-11H2,1-4H3/t14-,16-,17-/m0/s1. The normalized spacial score (nSPS) is 29.9. The number of aryl methyl sites for hydroxylation is 1. The molecule has 128 valence electrons. The predicted octanol–water partition coefficient (Wildman–Crippen LogP) is 2.28. The zero-order valence-electron chi connectivity index (χ0n) is 14.3. The number of sulfonamides is 1. The molecule has 2 fully saturated rings. The summed E-state index contributed by atoms with van der Waals surface area (Å²) in [5, 5.41) is 1.83. The minimum atomic E-state index is -3.48. The summed E-state index contributed by atoms with van der Waals surface area (Å²) in [6.07, 6.45) is 0.859. The maximum atomic E-state index is 13.2. The van der Waals surface area contributed by atoms with Crippen LogP contribution in [-0.4, -0.2) is 50.1 Å². The van der Waals surface area contributed by atoms with Gasteiger partial charge in [-0.15, -0.1) is 0 Å². The van der Waals surface area contributed by atoms with Crippen LogP contribution in [0.1, 0.15) is 25.8 Å². The number of fused-ring (bicyclic) bond motifs is 1. The van der Waals surface area contributed by atoms with E-state index in [0.29, 0.717) is 24.0 Å². The Bertz CT molecular complexity index is 657. The van der Waals surface area contributed by atoms with Gasteiger partial charge >= 0.3 is 0 Å². The van der Waals surface area contributed by atoms with Crippen LogP contribution in [0.5, 0.6) is 0 Å². The summed E-state index contributed by atoms with van der Waals surface area (Å²) >= 11 is 0. The molecule has 3 rings (SSSR count). The van der Waals surface area contributed by atoms with E-state index in [9.17, 15) is 8.42 Å². The Labute approximate surface area is 139 Å². The van der Waals surface area contributed by atoms with Crippen molar-refractivity contribution >= 4 is 10.0 Å². The summed E-state index contributed by atoms with van der Waals surface area (Å²) in [7, 11) is -1.58. The van der Waals surface area contributed by atoms with E-state index < -0.39 is 10.0 Å². The molecular weight excluding hydrogens is 312 g/mol. The van der Waals surface area contributed by atoms with Gasteiger partial charge in [-0.2, -0.15) is 9.37 Å². The second-order valence-electron chi connectivity index (χ2n) is 7.10. The number of benzene rings is 1. The minimum Gasteiger partial charge on any atom is -0.299 e. The van der Waals surface area contributed by atoms with Gasteiger partial charge in [0.1, 0.15) is 0 Å². The van der Waals surface area contributed by atoms with Gasteiger partial charge in [-0.05, 0) is 31.4 Å². The van der Waals surface area contributed by atoms with Gasteiger partial charge in [0.2, 0.25) is 10.0 Å². The molecule has 0 aliphatic carbocycles. The van der Waals surface area contributed by atoms with Crippen LogP contribution in [0.25, 0.3) is 0 Å². The summed E-state index contributed by atoms with van der Waals surface area (Å²) in [4.78, 5) is 6.01. The summed E-state index contributed by atoms with van der Waals surface area (Å²) < 4.78 is 28.1. The van der Waals surface area contributed by atoms with Gasteiger partial charge in [0, 0.05) is 25.6 Å². The third-order valence-electron chi connectivity index (χ3n) is 5.18. The highest BCUT2D eigenvalue weighted by Crippen LogP contribution is 2.37. The van der Waals surface area contributed by atoms with Crippen LogP contribution in [0.3, 0.4) is 0 Å². The van der Waals surface area contributed by atoms with Gasteiger partial charge in [0.15, 0.2) is 0 Å².